The molecule has 7 heteroatoms. The van der Waals surface area contributed by atoms with Crippen LogP contribution in [0.3, 0.4) is 0 Å². The molecule has 0 bridgehead atoms. The van der Waals surface area contributed by atoms with Gasteiger partial charge >= 0.3 is 0 Å². The second kappa shape index (κ2) is 8.71. The summed E-state index contributed by atoms with van der Waals surface area (Å²) in [5, 5.41) is 6.70. The number of nitrogens with one attached hydrogen (secondary N) is 1. The Morgan fingerprint density at radius 3 is 2.88 bits per heavy atom. The molecule has 0 aliphatic heterocycles. The predicted molar refractivity (Wildman–Crippen MR) is 89.2 cm³/mol. The minimum atomic E-state index is -0.318. The summed E-state index contributed by atoms with van der Waals surface area (Å²) in [6.45, 7) is 2.14. The van der Waals surface area contributed by atoms with Crippen molar-refractivity contribution in [3.63, 3.8) is 0 Å². The zero-order valence-corrected chi connectivity index (χ0v) is 14.0. The molecule has 2 aromatic rings. The molecule has 25 heavy (non-hydrogen) atoms. The molecule has 3 rings (SSSR count). The lowest BCUT2D eigenvalue weighted by atomic mass is 10.2. The summed E-state index contributed by atoms with van der Waals surface area (Å²) in [4.78, 5) is 16.0. The van der Waals surface area contributed by atoms with Crippen LogP contribution in [-0.4, -0.2) is 35.8 Å². The molecule has 6 nitrogen and oxygen atoms in total. The Kier molecular flexibility index (Phi) is 6.11. The monoisotopic (exact) mass is 347 g/mol. The normalized spacial score (nSPS) is 13.8. The molecule has 1 aromatic heterocycles. The third-order valence-corrected chi connectivity index (χ3v) is 3.97. The standard InChI is InChI=1S/C18H22FN3O3/c19-15-6-4-14(5-7-15)18-21-17(25-22-18)9-8-16(23)20-10-1-11-24-12-13-2-3-13/h4-7,13H,1-3,8-12H2,(H,20,23). The molecule has 0 saturated heterocycles. The summed E-state index contributed by atoms with van der Waals surface area (Å²) in [5.41, 5.74) is 0.673. The van der Waals surface area contributed by atoms with Crippen molar-refractivity contribution >= 4 is 5.91 Å². The maximum atomic E-state index is 12.9. The van der Waals surface area contributed by atoms with Crippen LogP contribution in [0, 0.1) is 11.7 Å². The van der Waals surface area contributed by atoms with Gasteiger partial charge in [-0.3, -0.25) is 4.79 Å². The minimum Gasteiger partial charge on any atom is -0.381 e. The van der Waals surface area contributed by atoms with Gasteiger partial charge < -0.3 is 14.6 Å². The maximum absolute atomic E-state index is 12.9. The van der Waals surface area contributed by atoms with Gasteiger partial charge in [-0.1, -0.05) is 5.16 Å². The Morgan fingerprint density at radius 1 is 1.32 bits per heavy atom. The molecule has 1 aliphatic carbocycles. The first-order valence-electron chi connectivity index (χ1n) is 8.63. The van der Waals surface area contributed by atoms with Crippen molar-refractivity contribution in [2.24, 2.45) is 5.92 Å². The molecule has 1 N–H and O–H groups in total. The summed E-state index contributed by atoms with van der Waals surface area (Å²) >= 11 is 0. The van der Waals surface area contributed by atoms with Gasteiger partial charge in [-0.15, -0.1) is 0 Å². The lowest BCUT2D eigenvalue weighted by Crippen LogP contribution is -2.25. The van der Waals surface area contributed by atoms with Gasteiger partial charge in [0.05, 0.1) is 0 Å². The number of amides is 1. The number of aryl methyl sites for hydroxylation is 1. The number of carbonyl (C=O) groups excluding carboxylic acids is 1. The summed E-state index contributed by atoms with van der Waals surface area (Å²) in [6, 6.07) is 5.85. The Hall–Kier alpha value is -2.28. The fourth-order valence-electron chi connectivity index (χ4n) is 2.32. The summed E-state index contributed by atoms with van der Waals surface area (Å²) in [6.07, 6.45) is 4.05. The van der Waals surface area contributed by atoms with E-state index < -0.39 is 0 Å². The van der Waals surface area contributed by atoms with Gasteiger partial charge in [-0.25, -0.2) is 4.39 Å². The third kappa shape index (κ3) is 5.94. The maximum Gasteiger partial charge on any atom is 0.227 e. The topological polar surface area (TPSA) is 77.2 Å². The Morgan fingerprint density at radius 2 is 2.12 bits per heavy atom. The van der Waals surface area contributed by atoms with Crippen LogP contribution >= 0.6 is 0 Å². The van der Waals surface area contributed by atoms with Gasteiger partial charge in [0.15, 0.2) is 0 Å². The number of nitrogens with zero attached hydrogens (tertiary/aromatic N) is 2. The van der Waals surface area contributed by atoms with Crippen molar-refractivity contribution in [1.29, 1.82) is 0 Å². The second-order valence-corrected chi connectivity index (χ2v) is 6.24. The van der Waals surface area contributed by atoms with Crippen LogP contribution in [0.2, 0.25) is 0 Å². The minimum absolute atomic E-state index is 0.0521. The van der Waals surface area contributed by atoms with Crippen molar-refractivity contribution in [2.75, 3.05) is 19.8 Å². The molecule has 0 unspecified atom stereocenters. The van der Waals surface area contributed by atoms with E-state index in [0.717, 1.165) is 18.9 Å². The van der Waals surface area contributed by atoms with Crippen molar-refractivity contribution in [1.82, 2.24) is 15.5 Å². The second-order valence-electron chi connectivity index (χ2n) is 6.24. The van der Waals surface area contributed by atoms with E-state index in [4.69, 9.17) is 9.26 Å². The SMILES string of the molecule is O=C(CCc1nc(-c2ccc(F)cc2)no1)NCCCOCC1CC1. The molecular weight excluding hydrogens is 325 g/mol. The number of aromatic nitrogens is 2. The number of hydrogen-bond acceptors (Lipinski definition) is 5. The molecule has 1 amide bonds. The molecule has 0 radical (unpaired) electrons. The highest BCUT2D eigenvalue weighted by molar-refractivity contribution is 5.75. The molecule has 1 aliphatic rings. The molecule has 1 aromatic carbocycles. The first-order chi connectivity index (χ1) is 12.2. The van der Waals surface area contributed by atoms with Gasteiger partial charge in [0.25, 0.3) is 0 Å². The third-order valence-electron chi connectivity index (χ3n) is 3.97. The zero-order chi connectivity index (χ0) is 17.5. The van der Waals surface area contributed by atoms with Crippen molar-refractivity contribution in [2.45, 2.75) is 32.1 Å². The Balaban J connectivity index is 1.32. The summed E-state index contributed by atoms with van der Waals surface area (Å²) < 4.78 is 23.6. The van der Waals surface area contributed by atoms with Gasteiger partial charge in [-0.05, 0) is 49.4 Å². The first kappa shape index (κ1) is 17.5. The number of ether oxygens (including phenoxy) is 1. The largest absolute Gasteiger partial charge is 0.381 e. The average Bonchev–Trinajstić information content (AvgIpc) is 3.32. The number of hydrogen-bond donors (Lipinski definition) is 1. The highest BCUT2D eigenvalue weighted by Crippen LogP contribution is 2.28. The molecular formula is C18H22FN3O3. The quantitative estimate of drug-likeness (QED) is 0.669. The average molecular weight is 347 g/mol. The first-order valence-corrected chi connectivity index (χ1v) is 8.63. The lowest BCUT2D eigenvalue weighted by molar-refractivity contribution is -0.121. The van der Waals surface area contributed by atoms with Crippen LogP contribution in [0.1, 0.15) is 31.6 Å². The molecule has 1 saturated carbocycles. The number of halogens is 1. The van der Waals surface area contributed by atoms with Crippen LogP contribution in [0.15, 0.2) is 28.8 Å². The fraction of sp³-hybridized carbons (Fsp3) is 0.500. The fourth-order valence-corrected chi connectivity index (χ4v) is 2.32. The van der Waals surface area contributed by atoms with E-state index >= 15 is 0 Å². The molecule has 134 valence electrons. The smallest absolute Gasteiger partial charge is 0.227 e. The number of rotatable bonds is 10. The van der Waals surface area contributed by atoms with Gasteiger partial charge in [0.2, 0.25) is 17.6 Å². The van der Waals surface area contributed by atoms with E-state index in [1.165, 1.54) is 25.0 Å². The van der Waals surface area contributed by atoms with E-state index in [2.05, 4.69) is 15.5 Å². The summed E-state index contributed by atoms with van der Waals surface area (Å²) in [5.74, 6) is 1.18. The van der Waals surface area contributed by atoms with Crippen LogP contribution < -0.4 is 5.32 Å². The molecule has 0 spiro atoms. The van der Waals surface area contributed by atoms with Crippen LogP contribution in [0.25, 0.3) is 11.4 Å². The van der Waals surface area contributed by atoms with E-state index in [0.29, 0.717) is 36.9 Å². The van der Waals surface area contributed by atoms with E-state index in [1.807, 2.05) is 0 Å². The van der Waals surface area contributed by atoms with E-state index in [9.17, 15) is 9.18 Å². The Labute approximate surface area is 145 Å². The van der Waals surface area contributed by atoms with Crippen molar-refractivity contribution in [3.05, 3.63) is 36.0 Å². The van der Waals surface area contributed by atoms with Crippen LogP contribution in [0.4, 0.5) is 4.39 Å². The highest BCUT2D eigenvalue weighted by Gasteiger charge is 2.20. The molecule has 1 heterocycles. The number of carbonyl (C=O) groups is 1. The highest BCUT2D eigenvalue weighted by atomic mass is 19.1. The van der Waals surface area contributed by atoms with E-state index in [-0.39, 0.29) is 18.1 Å². The van der Waals surface area contributed by atoms with Gasteiger partial charge in [-0.2, -0.15) is 4.98 Å². The van der Waals surface area contributed by atoms with Crippen LogP contribution in [0.5, 0.6) is 0 Å². The van der Waals surface area contributed by atoms with Crippen molar-refractivity contribution < 1.29 is 18.4 Å². The van der Waals surface area contributed by atoms with Crippen molar-refractivity contribution in [3.8, 4) is 11.4 Å². The number of benzene rings is 1. The lowest BCUT2D eigenvalue weighted by Gasteiger charge is -2.05. The zero-order valence-electron chi connectivity index (χ0n) is 14.0. The Bertz CT molecular complexity index is 683. The van der Waals surface area contributed by atoms with Crippen LogP contribution in [-0.2, 0) is 16.0 Å². The summed E-state index contributed by atoms with van der Waals surface area (Å²) in [7, 11) is 0. The van der Waals surface area contributed by atoms with Gasteiger partial charge in [0.1, 0.15) is 5.82 Å². The molecule has 1 fully saturated rings. The predicted octanol–water partition coefficient (Wildman–Crippen LogP) is 2.74. The molecule has 0 atom stereocenters. The van der Waals surface area contributed by atoms with Gasteiger partial charge in [0, 0.05) is 38.2 Å². The van der Waals surface area contributed by atoms with E-state index in [1.54, 1.807) is 12.1 Å².